The Labute approximate surface area is 177 Å². The molecule has 0 radical (unpaired) electrons. The molecular weight excluding hydrogens is 415 g/mol. The van der Waals surface area contributed by atoms with Crippen molar-refractivity contribution in [2.45, 2.75) is 31.6 Å². The number of nitrogens with one attached hydrogen (secondary N) is 2. The molecule has 2 atom stereocenters. The standard InChI is InChI=1S/C21H24F3N3O4/c1-13(15-8-9-17(18(11-15)30-2)31-12-21(22,23)24)26-19(28)16(27-20(25)29)10-14-6-4-3-5-7-14/h3-9,11,13,16H,10,12H2,1-2H3,(H,26,28)(H3,25,27,29)/t13-,16+/m1/s1. The first-order valence-corrected chi connectivity index (χ1v) is 9.37. The monoisotopic (exact) mass is 439 g/mol. The van der Waals surface area contributed by atoms with E-state index in [4.69, 9.17) is 15.2 Å². The van der Waals surface area contributed by atoms with Crippen molar-refractivity contribution < 1.29 is 32.2 Å². The SMILES string of the molecule is COc1cc([C@@H](C)NC(=O)[C@H](Cc2ccccc2)NC(N)=O)ccc1OCC(F)(F)F. The Balaban J connectivity index is 2.11. The van der Waals surface area contributed by atoms with E-state index in [0.717, 1.165) is 5.56 Å². The molecule has 0 bridgehead atoms. The van der Waals surface area contributed by atoms with Crippen molar-refractivity contribution in [2.24, 2.45) is 5.73 Å². The summed E-state index contributed by atoms with van der Waals surface area (Å²) in [6, 6.07) is 11.1. The molecule has 0 aliphatic heterocycles. The van der Waals surface area contributed by atoms with Crippen molar-refractivity contribution in [3.8, 4) is 11.5 Å². The topological polar surface area (TPSA) is 103 Å². The fourth-order valence-electron chi connectivity index (χ4n) is 2.86. The van der Waals surface area contributed by atoms with Crippen LogP contribution in [0.1, 0.15) is 24.1 Å². The van der Waals surface area contributed by atoms with Crippen LogP contribution in [-0.2, 0) is 11.2 Å². The van der Waals surface area contributed by atoms with Crippen molar-refractivity contribution in [2.75, 3.05) is 13.7 Å². The normalized spacial score (nSPS) is 13.1. The molecule has 7 nitrogen and oxygen atoms in total. The van der Waals surface area contributed by atoms with Gasteiger partial charge < -0.3 is 25.8 Å². The van der Waals surface area contributed by atoms with Crippen molar-refractivity contribution in [1.29, 1.82) is 0 Å². The lowest BCUT2D eigenvalue weighted by Crippen LogP contribution is -2.50. The number of ether oxygens (including phenoxy) is 2. The van der Waals surface area contributed by atoms with Gasteiger partial charge in [0.25, 0.3) is 0 Å². The summed E-state index contributed by atoms with van der Waals surface area (Å²) in [6.45, 7) is 0.238. The number of carbonyl (C=O) groups excluding carboxylic acids is 2. The zero-order valence-electron chi connectivity index (χ0n) is 17.0. The lowest BCUT2D eigenvalue weighted by Gasteiger charge is -2.22. The Bertz CT molecular complexity index is 891. The minimum absolute atomic E-state index is 0.0700. The van der Waals surface area contributed by atoms with Crippen LogP contribution >= 0.6 is 0 Å². The molecule has 168 valence electrons. The van der Waals surface area contributed by atoms with E-state index in [0.29, 0.717) is 5.56 Å². The maximum atomic E-state index is 12.7. The van der Waals surface area contributed by atoms with Gasteiger partial charge in [-0.3, -0.25) is 4.79 Å². The smallest absolute Gasteiger partial charge is 0.422 e. The van der Waals surface area contributed by atoms with Gasteiger partial charge in [0, 0.05) is 6.42 Å². The van der Waals surface area contributed by atoms with Crippen molar-refractivity contribution in [3.63, 3.8) is 0 Å². The summed E-state index contributed by atoms with van der Waals surface area (Å²) in [5.41, 5.74) is 6.60. The summed E-state index contributed by atoms with van der Waals surface area (Å²) >= 11 is 0. The third-order valence-electron chi connectivity index (χ3n) is 4.35. The molecule has 0 spiro atoms. The second-order valence-electron chi connectivity index (χ2n) is 6.80. The molecule has 31 heavy (non-hydrogen) atoms. The van der Waals surface area contributed by atoms with E-state index in [1.165, 1.54) is 25.3 Å². The molecule has 0 unspecified atom stereocenters. The fourth-order valence-corrected chi connectivity index (χ4v) is 2.86. The van der Waals surface area contributed by atoms with Gasteiger partial charge in [0.15, 0.2) is 18.1 Å². The predicted octanol–water partition coefficient (Wildman–Crippen LogP) is 3.09. The van der Waals surface area contributed by atoms with Crippen LogP contribution in [0.4, 0.5) is 18.0 Å². The van der Waals surface area contributed by atoms with Crippen LogP contribution in [0.25, 0.3) is 0 Å². The van der Waals surface area contributed by atoms with Crippen LogP contribution in [0, 0.1) is 0 Å². The average Bonchev–Trinajstić information content (AvgIpc) is 2.71. The highest BCUT2D eigenvalue weighted by molar-refractivity contribution is 5.87. The number of halogens is 3. The molecule has 0 saturated carbocycles. The Morgan fingerprint density at radius 1 is 1.06 bits per heavy atom. The lowest BCUT2D eigenvalue weighted by atomic mass is 10.0. The van der Waals surface area contributed by atoms with Crippen LogP contribution in [0.5, 0.6) is 11.5 Å². The maximum absolute atomic E-state index is 12.7. The zero-order valence-corrected chi connectivity index (χ0v) is 17.0. The molecule has 3 amide bonds. The number of hydrogen-bond acceptors (Lipinski definition) is 4. The van der Waals surface area contributed by atoms with Gasteiger partial charge in [0.1, 0.15) is 6.04 Å². The number of amides is 3. The quantitative estimate of drug-likeness (QED) is 0.559. The van der Waals surface area contributed by atoms with Gasteiger partial charge in [0.05, 0.1) is 13.2 Å². The molecule has 0 aliphatic rings. The number of primary amides is 1. The number of alkyl halides is 3. The Morgan fingerprint density at radius 3 is 2.32 bits per heavy atom. The molecule has 2 rings (SSSR count). The molecular formula is C21H24F3N3O4. The second kappa shape index (κ2) is 10.6. The average molecular weight is 439 g/mol. The molecule has 10 heteroatoms. The van der Waals surface area contributed by atoms with Crippen LogP contribution in [0.2, 0.25) is 0 Å². The molecule has 0 heterocycles. The highest BCUT2D eigenvalue weighted by Crippen LogP contribution is 2.31. The minimum atomic E-state index is -4.48. The summed E-state index contributed by atoms with van der Waals surface area (Å²) in [5.74, 6) is -0.440. The minimum Gasteiger partial charge on any atom is -0.493 e. The van der Waals surface area contributed by atoms with Gasteiger partial charge in [-0.05, 0) is 30.2 Å². The van der Waals surface area contributed by atoms with Crippen LogP contribution < -0.4 is 25.8 Å². The van der Waals surface area contributed by atoms with Gasteiger partial charge in [0.2, 0.25) is 5.91 Å². The van der Waals surface area contributed by atoms with Crippen molar-refractivity contribution in [3.05, 3.63) is 59.7 Å². The Kier molecular flexibility index (Phi) is 8.12. The molecule has 4 N–H and O–H groups in total. The van der Waals surface area contributed by atoms with Gasteiger partial charge in [-0.2, -0.15) is 13.2 Å². The molecule has 0 aliphatic carbocycles. The summed E-state index contributed by atoms with van der Waals surface area (Å²) in [4.78, 5) is 24.1. The number of rotatable bonds is 9. The maximum Gasteiger partial charge on any atom is 0.422 e. The summed E-state index contributed by atoms with van der Waals surface area (Å²) < 4.78 is 47.1. The van der Waals surface area contributed by atoms with Crippen molar-refractivity contribution in [1.82, 2.24) is 10.6 Å². The van der Waals surface area contributed by atoms with Gasteiger partial charge >= 0.3 is 12.2 Å². The molecule has 2 aromatic carbocycles. The Morgan fingerprint density at radius 2 is 1.74 bits per heavy atom. The van der Waals surface area contributed by atoms with E-state index in [1.807, 2.05) is 30.3 Å². The van der Waals surface area contributed by atoms with E-state index in [2.05, 4.69) is 10.6 Å². The van der Waals surface area contributed by atoms with E-state index in [-0.39, 0.29) is 17.9 Å². The van der Waals surface area contributed by atoms with E-state index >= 15 is 0 Å². The number of methoxy groups -OCH3 is 1. The number of benzene rings is 2. The highest BCUT2D eigenvalue weighted by Gasteiger charge is 2.29. The first kappa shape index (κ1) is 23.8. The Hall–Kier alpha value is -3.43. The highest BCUT2D eigenvalue weighted by atomic mass is 19.4. The van der Waals surface area contributed by atoms with Crippen molar-refractivity contribution >= 4 is 11.9 Å². The third kappa shape index (κ3) is 7.72. The third-order valence-corrected chi connectivity index (χ3v) is 4.35. The summed E-state index contributed by atoms with van der Waals surface area (Å²) in [5, 5.41) is 5.19. The molecule has 2 aromatic rings. The van der Waals surface area contributed by atoms with Crippen LogP contribution in [0.15, 0.2) is 48.5 Å². The fraction of sp³-hybridized carbons (Fsp3) is 0.333. The van der Waals surface area contributed by atoms with E-state index in [9.17, 15) is 22.8 Å². The van der Waals surface area contributed by atoms with Crippen LogP contribution in [-0.4, -0.2) is 37.9 Å². The first-order chi connectivity index (χ1) is 14.6. The van der Waals surface area contributed by atoms with Gasteiger partial charge in [-0.15, -0.1) is 0 Å². The molecule has 0 fully saturated rings. The number of hydrogen-bond donors (Lipinski definition) is 3. The van der Waals surface area contributed by atoms with E-state index in [1.54, 1.807) is 6.92 Å². The largest absolute Gasteiger partial charge is 0.493 e. The van der Waals surface area contributed by atoms with Crippen LogP contribution in [0.3, 0.4) is 0 Å². The second-order valence-corrected chi connectivity index (χ2v) is 6.80. The number of carbonyl (C=O) groups is 2. The summed E-state index contributed by atoms with van der Waals surface area (Å²) in [7, 11) is 1.30. The summed E-state index contributed by atoms with van der Waals surface area (Å²) in [6.07, 6.45) is -4.25. The number of urea groups is 1. The van der Waals surface area contributed by atoms with Gasteiger partial charge in [-0.1, -0.05) is 36.4 Å². The zero-order chi connectivity index (χ0) is 23.0. The lowest BCUT2D eigenvalue weighted by molar-refractivity contribution is -0.153. The van der Waals surface area contributed by atoms with Gasteiger partial charge in [-0.25, -0.2) is 4.79 Å². The first-order valence-electron chi connectivity index (χ1n) is 9.37. The number of nitrogens with two attached hydrogens (primary N) is 1. The predicted molar refractivity (Wildman–Crippen MR) is 108 cm³/mol. The molecule has 0 saturated heterocycles. The molecule has 0 aromatic heterocycles. The van der Waals surface area contributed by atoms with E-state index < -0.39 is 36.8 Å².